The maximum Gasteiger partial charge on any atom is 0.122 e. The van der Waals surface area contributed by atoms with Crippen molar-refractivity contribution in [1.82, 2.24) is 0 Å². The molecule has 5 heteroatoms. The maximum absolute atomic E-state index is 10.4. The van der Waals surface area contributed by atoms with Crippen LogP contribution in [0.5, 0.6) is 0 Å². The van der Waals surface area contributed by atoms with Crippen LogP contribution in [0.1, 0.15) is 31.7 Å². The van der Waals surface area contributed by atoms with Crippen molar-refractivity contribution >= 4 is 29.5 Å². The molecule has 1 atom stereocenters. The van der Waals surface area contributed by atoms with Crippen LogP contribution in [0.3, 0.4) is 0 Å². The van der Waals surface area contributed by atoms with Gasteiger partial charge in [-0.25, -0.2) is 0 Å². The van der Waals surface area contributed by atoms with Gasteiger partial charge < -0.3 is 14.3 Å². The molecule has 3 nitrogen and oxygen atoms in total. The van der Waals surface area contributed by atoms with Crippen molar-refractivity contribution in [3.63, 3.8) is 0 Å². The van der Waals surface area contributed by atoms with Gasteiger partial charge in [0.2, 0.25) is 0 Å². The molecule has 0 aliphatic rings. The van der Waals surface area contributed by atoms with E-state index in [-0.39, 0.29) is 5.92 Å². The molecule has 0 aromatic heterocycles. The Labute approximate surface area is 136 Å². The fourth-order valence-corrected chi connectivity index (χ4v) is 2.31. The van der Waals surface area contributed by atoms with Crippen molar-refractivity contribution < 1.29 is 14.3 Å². The SMILES string of the molecule is CC(C=O)CCCCOCCOCc1c(Cl)cccc1Cl. The summed E-state index contributed by atoms with van der Waals surface area (Å²) in [5.41, 5.74) is 0.809. The van der Waals surface area contributed by atoms with Crippen LogP contribution >= 0.6 is 23.2 Å². The fraction of sp³-hybridized carbons (Fsp3) is 0.562. The van der Waals surface area contributed by atoms with Crippen LogP contribution < -0.4 is 0 Å². The maximum atomic E-state index is 10.4. The normalized spacial score (nSPS) is 12.3. The van der Waals surface area contributed by atoms with Crippen LogP contribution in [0.2, 0.25) is 10.0 Å². The van der Waals surface area contributed by atoms with Crippen molar-refractivity contribution in [2.24, 2.45) is 5.92 Å². The van der Waals surface area contributed by atoms with E-state index in [4.69, 9.17) is 32.7 Å². The molecule has 1 aromatic carbocycles. The molecule has 0 aliphatic carbocycles. The zero-order chi connectivity index (χ0) is 15.5. The van der Waals surface area contributed by atoms with Gasteiger partial charge in [0.1, 0.15) is 6.29 Å². The Morgan fingerprint density at radius 1 is 1.10 bits per heavy atom. The monoisotopic (exact) mass is 332 g/mol. The van der Waals surface area contributed by atoms with Crippen LogP contribution in [0.15, 0.2) is 18.2 Å². The summed E-state index contributed by atoms with van der Waals surface area (Å²) in [4.78, 5) is 10.4. The van der Waals surface area contributed by atoms with Gasteiger partial charge >= 0.3 is 0 Å². The molecule has 0 saturated heterocycles. The van der Waals surface area contributed by atoms with Gasteiger partial charge in [-0.3, -0.25) is 0 Å². The minimum atomic E-state index is 0.147. The zero-order valence-corrected chi connectivity index (χ0v) is 13.8. The van der Waals surface area contributed by atoms with E-state index in [1.807, 2.05) is 13.0 Å². The van der Waals surface area contributed by atoms with E-state index >= 15 is 0 Å². The molecule has 0 bridgehead atoms. The molecule has 1 aromatic rings. The number of aldehydes is 1. The number of hydrogen-bond donors (Lipinski definition) is 0. The quantitative estimate of drug-likeness (QED) is 0.441. The van der Waals surface area contributed by atoms with E-state index in [1.165, 1.54) is 0 Å². The molecule has 0 spiro atoms. The number of ether oxygens (including phenoxy) is 2. The second-order valence-corrected chi connectivity index (χ2v) is 5.79. The first-order valence-electron chi connectivity index (χ1n) is 7.18. The van der Waals surface area contributed by atoms with Gasteiger partial charge in [-0.05, 0) is 25.0 Å². The highest BCUT2D eigenvalue weighted by atomic mass is 35.5. The van der Waals surface area contributed by atoms with Crippen molar-refractivity contribution in [2.45, 2.75) is 32.8 Å². The number of benzene rings is 1. The lowest BCUT2D eigenvalue weighted by Gasteiger charge is -2.09. The molecular weight excluding hydrogens is 311 g/mol. The number of carbonyl (C=O) groups is 1. The number of unbranched alkanes of at least 4 members (excludes halogenated alkanes) is 1. The number of halogens is 2. The molecule has 118 valence electrons. The molecular formula is C16H22Cl2O3. The first-order valence-corrected chi connectivity index (χ1v) is 7.94. The zero-order valence-electron chi connectivity index (χ0n) is 12.3. The summed E-state index contributed by atoms with van der Waals surface area (Å²) in [7, 11) is 0. The lowest BCUT2D eigenvalue weighted by atomic mass is 10.1. The Hall–Kier alpha value is -0.610. The number of hydrogen-bond acceptors (Lipinski definition) is 3. The highest BCUT2D eigenvalue weighted by molar-refractivity contribution is 6.35. The van der Waals surface area contributed by atoms with E-state index in [2.05, 4.69) is 0 Å². The predicted molar refractivity (Wildman–Crippen MR) is 86.0 cm³/mol. The standard InChI is InChI=1S/C16H22Cl2O3/c1-13(11-19)5-2-3-8-20-9-10-21-12-14-15(17)6-4-7-16(14)18/h4,6-7,11,13H,2-3,5,8-10,12H2,1H3. The Bertz CT molecular complexity index is 404. The van der Waals surface area contributed by atoms with E-state index in [0.29, 0.717) is 36.5 Å². The topological polar surface area (TPSA) is 35.5 Å². The first kappa shape index (κ1) is 18.4. The van der Waals surface area contributed by atoms with Crippen molar-refractivity contribution in [3.8, 4) is 0 Å². The van der Waals surface area contributed by atoms with Crippen LogP contribution in [-0.2, 0) is 20.9 Å². The van der Waals surface area contributed by atoms with Gasteiger partial charge in [-0.15, -0.1) is 0 Å². The summed E-state index contributed by atoms with van der Waals surface area (Å²) in [6.45, 7) is 4.07. The molecule has 0 fully saturated rings. The molecule has 0 heterocycles. The summed E-state index contributed by atoms with van der Waals surface area (Å²) < 4.78 is 11.0. The lowest BCUT2D eigenvalue weighted by Crippen LogP contribution is -2.06. The van der Waals surface area contributed by atoms with Gasteiger partial charge in [-0.2, -0.15) is 0 Å². The average Bonchev–Trinajstić information content (AvgIpc) is 2.47. The van der Waals surface area contributed by atoms with Gasteiger partial charge in [0.05, 0.1) is 19.8 Å². The summed E-state index contributed by atoms with van der Waals surface area (Å²) >= 11 is 12.1. The second kappa shape index (κ2) is 11.0. The van der Waals surface area contributed by atoms with Gasteiger partial charge in [-0.1, -0.05) is 42.6 Å². The van der Waals surface area contributed by atoms with Gasteiger partial charge in [0.25, 0.3) is 0 Å². The Morgan fingerprint density at radius 2 is 1.76 bits per heavy atom. The van der Waals surface area contributed by atoms with Crippen LogP contribution in [-0.4, -0.2) is 26.1 Å². The highest BCUT2D eigenvalue weighted by Crippen LogP contribution is 2.24. The Kier molecular flexibility index (Phi) is 9.68. The number of carbonyl (C=O) groups excluding carboxylic acids is 1. The molecule has 0 N–H and O–H groups in total. The van der Waals surface area contributed by atoms with E-state index in [0.717, 1.165) is 31.1 Å². The van der Waals surface area contributed by atoms with Crippen LogP contribution in [0, 0.1) is 5.92 Å². The van der Waals surface area contributed by atoms with Crippen molar-refractivity contribution in [3.05, 3.63) is 33.8 Å². The summed E-state index contributed by atoms with van der Waals surface area (Å²) in [5, 5.41) is 1.24. The number of rotatable bonds is 11. The second-order valence-electron chi connectivity index (χ2n) is 4.97. The molecule has 0 saturated carbocycles. The lowest BCUT2D eigenvalue weighted by molar-refractivity contribution is -0.110. The van der Waals surface area contributed by atoms with Crippen molar-refractivity contribution in [1.29, 1.82) is 0 Å². The van der Waals surface area contributed by atoms with E-state index in [1.54, 1.807) is 12.1 Å². The summed E-state index contributed by atoms with van der Waals surface area (Å²) in [6, 6.07) is 5.40. The highest BCUT2D eigenvalue weighted by Gasteiger charge is 2.05. The third-order valence-electron chi connectivity index (χ3n) is 3.11. The van der Waals surface area contributed by atoms with E-state index < -0.39 is 0 Å². The largest absolute Gasteiger partial charge is 0.379 e. The van der Waals surface area contributed by atoms with Gasteiger partial charge in [0, 0.05) is 28.1 Å². The molecule has 21 heavy (non-hydrogen) atoms. The fourth-order valence-electron chi connectivity index (χ4n) is 1.80. The molecule has 0 aliphatic heterocycles. The third kappa shape index (κ3) is 7.82. The van der Waals surface area contributed by atoms with Gasteiger partial charge in [0.15, 0.2) is 0 Å². The minimum Gasteiger partial charge on any atom is -0.379 e. The average molecular weight is 333 g/mol. The Morgan fingerprint density at radius 3 is 2.43 bits per heavy atom. The molecule has 0 amide bonds. The smallest absolute Gasteiger partial charge is 0.122 e. The summed E-state index contributed by atoms with van der Waals surface area (Å²) in [5.74, 6) is 0.147. The molecule has 1 rings (SSSR count). The third-order valence-corrected chi connectivity index (χ3v) is 3.82. The van der Waals surface area contributed by atoms with Crippen LogP contribution in [0.4, 0.5) is 0 Å². The molecule has 1 unspecified atom stereocenters. The summed E-state index contributed by atoms with van der Waals surface area (Å²) in [6.07, 6.45) is 3.90. The van der Waals surface area contributed by atoms with Crippen LogP contribution in [0.25, 0.3) is 0 Å². The predicted octanol–water partition coefficient (Wildman–Crippen LogP) is 4.53. The van der Waals surface area contributed by atoms with Crippen molar-refractivity contribution in [2.75, 3.05) is 19.8 Å². The first-order chi connectivity index (χ1) is 10.1. The molecule has 0 radical (unpaired) electrons. The Balaban J connectivity index is 2.01. The van der Waals surface area contributed by atoms with E-state index in [9.17, 15) is 4.79 Å². The minimum absolute atomic E-state index is 0.147.